The zero-order valence-electron chi connectivity index (χ0n) is 10.8. The first kappa shape index (κ1) is 14.4. The van der Waals surface area contributed by atoms with E-state index >= 15 is 0 Å². The molecule has 0 aliphatic carbocycles. The minimum atomic E-state index is -1.13. The lowest BCUT2D eigenvalue weighted by Crippen LogP contribution is -2.01. The van der Waals surface area contributed by atoms with E-state index < -0.39 is 5.97 Å². The molecule has 0 heterocycles. The molecular formula is C15H13ClO4. The number of rotatable bonds is 5. The monoisotopic (exact) mass is 292 g/mol. The fraction of sp³-hybridized carbons (Fsp3) is 0.133. The van der Waals surface area contributed by atoms with Gasteiger partial charge >= 0.3 is 5.97 Å². The number of halogens is 1. The van der Waals surface area contributed by atoms with Crippen molar-refractivity contribution in [3.05, 3.63) is 58.6 Å². The van der Waals surface area contributed by atoms with E-state index in [1.165, 1.54) is 6.07 Å². The highest BCUT2D eigenvalue weighted by Crippen LogP contribution is 2.30. The number of carboxylic acid groups (broad SMARTS) is 1. The summed E-state index contributed by atoms with van der Waals surface area (Å²) >= 11 is 5.89. The van der Waals surface area contributed by atoms with Crippen molar-refractivity contribution in [1.82, 2.24) is 0 Å². The van der Waals surface area contributed by atoms with Crippen LogP contribution in [-0.2, 0) is 11.3 Å². The van der Waals surface area contributed by atoms with Gasteiger partial charge in [0.25, 0.3) is 0 Å². The van der Waals surface area contributed by atoms with Crippen molar-refractivity contribution >= 4 is 17.6 Å². The van der Waals surface area contributed by atoms with Gasteiger partial charge in [0.05, 0.1) is 11.6 Å². The Hall–Kier alpha value is -2.04. The SMILES string of the molecule is COCc1cccc(Oc2cccc(Cl)c2C(=O)O)c1. The first-order valence-corrected chi connectivity index (χ1v) is 6.27. The van der Waals surface area contributed by atoms with Crippen molar-refractivity contribution in [3.8, 4) is 11.5 Å². The lowest BCUT2D eigenvalue weighted by atomic mass is 10.2. The van der Waals surface area contributed by atoms with E-state index in [0.29, 0.717) is 12.4 Å². The Morgan fingerprint density at radius 2 is 2.00 bits per heavy atom. The molecule has 0 aromatic heterocycles. The zero-order valence-corrected chi connectivity index (χ0v) is 11.6. The number of ether oxygens (including phenoxy) is 2. The lowest BCUT2D eigenvalue weighted by Gasteiger charge is -2.10. The van der Waals surface area contributed by atoms with Gasteiger partial charge in [-0.3, -0.25) is 0 Å². The number of methoxy groups -OCH3 is 1. The Morgan fingerprint density at radius 1 is 1.25 bits per heavy atom. The summed E-state index contributed by atoms with van der Waals surface area (Å²) in [7, 11) is 1.60. The fourth-order valence-corrected chi connectivity index (χ4v) is 2.04. The van der Waals surface area contributed by atoms with Crippen LogP contribution in [0.5, 0.6) is 11.5 Å². The molecule has 0 unspecified atom stereocenters. The normalized spacial score (nSPS) is 10.3. The van der Waals surface area contributed by atoms with Gasteiger partial charge in [-0.25, -0.2) is 4.79 Å². The van der Waals surface area contributed by atoms with Gasteiger partial charge in [0.1, 0.15) is 17.1 Å². The summed E-state index contributed by atoms with van der Waals surface area (Å²) in [5.41, 5.74) is 0.884. The third kappa shape index (κ3) is 3.29. The smallest absolute Gasteiger partial charge is 0.341 e. The molecule has 0 fully saturated rings. The minimum absolute atomic E-state index is 0.0497. The Morgan fingerprint density at radius 3 is 2.70 bits per heavy atom. The topological polar surface area (TPSA) is 55.8 Å². The second-order valence-corrected chi connectivity index (χ2v) is 4.51. The van der Waals surface area contributed by atoms with Crippen LogP contribution in [0.4, 0.5) is 0 Å². The molecule has 4 nitrogen and oxygen atoms in total. The van der Waals surface area contributed by atoms with Gasteiger partial charge in [0.15, 0.2) is 0 Å². The molecule has 0 bridgehead atoms. The van der Waals surface area contributed by atoms with Gasteiger partial charge in [0, 0.05) is 7.11 Å². The van der Waals surface area contributed by atoms with Crippen LogP contribution in [0.25, 0.3) is 0 Å². The van der Waals surface area contributed by atoms with Crippen LogP contribution in [0.15, 0.2) is 42.5 Å². The molecule has 104 valence electrons. The van der Waals surface area contributed by atoms with Crippen LogP contribution >= 0.6 is 11.6 Å². The number of aromatic carboxylic acids is 1. The summed E-state index contributed by atoms with van der Waals surface area (Å²) in [5.74, 6) is -0.387. The number of hydrogen-bond donors (Lipinski definition) is 1. The Labute approximate surface area is 121 Å². The van der Waals surface area contributed by atoms with E-state index in [-0.39, 0.29) is 16.3 Å². The Kier molecular flexibility index (Phi) is 4.61. The van der Waals surface area contributed by atoms with Crippen molar-refractivity contribution in [3.63, 3.8) is 0 Å². The molecule has 0 spiro atoms. The van der Waals surface area contributed by atoms with Gasteiger partial charge in [-0.15, -0.1) is 0 Å². The first-order valence-electron chi connectivity index (χ1n) is 5.89. The fourth-order valence-electron chi connectivity index (χ4n) is 1.79. The second-order valence-electron chi connectivity index (χ2n) is 4.10. The number of carbonyl (C=O) groups is 1. The molecule has 0 saturated carbocycles. The third-order valence-corrected chi connectivity index (χ3v) is 2.94. The molecular weight excluding hydrogens is 280 g/mol. The molecule has 2 aromatic rings. The predicted molar refractivity (Wildman–Crippen MR) is 75.6 cm³/mol. The largest absolute Gasteiger partial charge is 0.478 e. The van der Waals surface area contributed by atoms with E-state index in [4.69, 9.17) is 21.1 Å². The van der Waals surface area contributed by atoms with E-state index in [9.17, 15) is 9.90 Å². The van der Waals surface area contributed by atoms with E-state index in [0.717, 1.165) is 5.56 Å². The number of carboxylic acids is 1. The molecule has 0 aliphatic rings. The van der Waals surface area contributed by atoms with Gasteiger partial charge in [0.2, 0.25) is 0 Å². The standard InChI is InChI=1S/C15H13ClO4/c1-19-9-10-4-2-5-11(8-10)20-13-7-3-6-12(16)14(13)15(17)18/h2-8H,9H2,1H3,(H,17,18). The predicted octanol–water partition coefficient (Wildman–Crippen LogP) is 3.98. The quantitative estimate of drug-likeness (QED) is 0.905. The van der Waals surface area contributed by atoms with Gasteiger partial charge in [-0.1, -0.05) is 29.8 Å². The second kappa shape index (κ2) is 6.41. The maximum Gasteiger partial charge on any atom is 0.341 e. The zero-order chi connectivity index (χ0) is 14.5. The molecule has 0 aliphatic heterocycles. The summed E-state index contributed by atoms with van der Waals surface area (Å²) in [6, 6.07) is 12.0. The Bertz CT molecular complexity index is 625. The third-order valence-electron chi connectivity index (χ3n) is 2.63. The number of benzene rings is 2. The average molecular weight is 293 g/mol. The summed E-state index contributed by atoms with van der Waals surface area (Å²) in [4.78, 5) is 11.2. The molecule has 0 atom stereocenters. The van der Waals surface area contributed by atoms with Gasteiger partial charge in [-0.2, -0.15) is 0 Å². The Balaban J connectivity index is 2.32. The molecule has 0 amide bonds. The summed E-state index contributed by atoms with van der Waals surface area (Å²) in [5, 5.41) is 9.32. The van der Waals surface area contributed by atoms with Crippen molar-refractivity contribution in [2.45, 2.75) is 6.61 Å². The molecule has 2 rings (SSSR count). The lowest BCUT2D eigenvalue weighted by molar-refractivity contribution is 0.0694. The van der Waals surface area contributed by atoms with Crippen LogP contribution in [0.1, 0.15) is 15.9 Å². The van der Waals surface area contributed by atoms with Crippen LogP contribution < -0.4 is 4.74 Å². The summed E-state index contributed by atoms with van der Waals surface area (Å²) in [6.45, 7) is 0.457. The van der Waals surface area contributed by atoms with Crippen molar-refractivity contribution in [1.29, 1.82) is 0 Å². The number of hydrogen-bond acceptors (Lipinski definition) is 3. The molecule has 0 saturated heterocycles. The van der Waals surface area contributed by atoms with Crippen LogP contribution in [0, 0.1) is 0 Å². The molecule has 5 heteroatoms. The summed E-state index contributed by atoms with van der Waals surface area (Å²) < 4.78 is 10.7. The van der Waals surface area contributed by atoms with Crippen LogP contribution in [0.3, 0.4) is 0 Å². The molecule has 20 heavy (non-hydrogen) atoms. The maximum atomic E-state index is 11.2. The highest BCUT2D eigenvalue weighted by molar-refractivity contribution is 6.33. The van der Waals surface area contributed by atoms with Crippen LogP contribution in [0.2, 0.25) is 5.02 Å². The van der Waals surface area contributed by atoms with Crippen molar-refractivity contribution in [2.24, 2.45) is 0 Å². The van der Waals surface area contributed by atoms with Crippen LogP contribution in [-0.4, -0.2) is 18.2 Å². The first-order chi connectivity index (χ1) is 9.61. The summed E-state index contributed by atoms with van der Waals surface area (Å²) in [6.07, 6.45) is 0. The van der Waals surface area contributed by atoms with Crippen molar-refractivity contribution < 1.29 is 19.4 Å². The van der Waals surface area contributed by atoms with Crippen molar-refractivity contribution in [2.75, 3.05) is 7.11 Å². The highest BCUT2D eigenvalue weighted by atomic mass is 35.5. The molecule has 1 N–H and O–H groups in total. The molecule has 2 aromatic carbocycles. The highest BCUT2D eigenvalue weighted by Gasteiger charge is 2.16. The van der Waals surface area contributed by atoms with E-state index in [1.54, 1.807) is 31.4 Å². The maximum absolute atomic E-state index is 11.2. The minimum Gasteiger partial charge on any atom is -0.478 e. The van der Waals surface area contributed by atoms with Gasteiger partial charge in [-0.05, 0) is 29.8 Å². The molecule has 0 radical (unpaired) electrons. The van der Waals surface area contributed by atoms with E-state index in [1.807, 2.05) is 12.1 Å². The van der Waals surface area contributed by atoms with Gasteiger partial charge < -0.3 is 14.6 Å². The average Bonchev–Trinajstić information content (AvgIpc) is 2.39. The van der Waals surface area contributed by atoms with E-state index in [2.05, 4.69) is 0 Å².